The van der Waals surface area contributed by atoms with E-state index in [0.29, 0.717) is 0 Å². The highest BCUT2D eigenvalue weighted by Gasteiger charge is 2.19. The van der Waals surface area contributed by atoms with Crippen LogP contribution in [0.3, 0.4) is 0 Å². The van der Waals surface area contributed by atoms with E-state index in [1.54, 1.807) is 6.07 Å². The fourth-order valence-corrected chi connectivity index (χ4v) is 2.49. The minimum absolute atomic E-state index is 0.0251. The largest absolute Gasteiger partial charge is 0.507 e. The third kappa shape index (κ3) is 3.68. The topological polar surface area (TPSA) is 69.6 Å². The number of halogens is 3. The van der Waals surface area contributed by atoms with Gasteiger partial charge in [-0.15, -0.1) is 0 Å². The molecule has 0 aliphatic heterocycles. The molecule has 1 amide bonds. The Hall–Kier alpha value is -1.82. The van der Waals surface area contributed by atoms with E-state index in [4.69, 9.17) is 23.2 Å². The molecule has 0 spiro atoms. The lowest BCUT2D eigenvalue weighted by molar-refractivity contribution is 0.0911. The Labute approximate surface area is 136 Å². The molecule has 2 rings (SSSR count). The maximum atomic E-state index is 13.5. The van der Waals surface area contributed by atoms with Gasteiger partial charge in [0.05, 0.1) is 16.7 Å². The number of benzene rings is 2. The first kappa shape index (κ1) is 16.5. The van der Waals surface area contributed by atoms with E-state index in [-0.39, 0.29) is 33.5 Å². The molecule has 0 saturated carbocycles. The van der Waals surface area contributed by atoms with Crippen LogP contribution in [0.25, 0.3) is 0 Å². The van der Waals surface area contributed by atoms with E-state index < -0.39 is 17.8 Å². The molecule has 0 aromatic heterocycles. The SMILES string of the molecule is O=C(NCC(O)c1ccccc1F)c1c(O)cc(Cl)cc1Cl. The van der Waals surface area contributed by atoms with Gasteiger partial charge in [0.25, 0.3) is 5.91 Å². The summed E-state index contributed by atoms with van der Waals surface area (Å²) in [5, 5.41) is 22.2. The van der Waals surface area contributed by atoms with Crippen LogP contribution in [0, 0.1) is 5.82 Å². The van der Waals surface area contributed by atoms with Gasteiger partial charge < -0.3 is 15.5 Å². The maximum Gasteiger partial charge on any atom is 0.256 e. The van der Waals surface area contributed by atoms with E-state index >= 15 is 0 Å². The number of aliphatic hydroxyl groups excluding tert-OH is 1. The van der Waals surface area contributed by atoms with Crippen molar-refractivity contribution < 1.29 is 19.4 Å². The minimum Gasteiger partial charge on any atom is -0.507 e. The van der Waals surface area contributed by atoms with Crippen molar-refractivity contribution in [2.24, 2.45) is 0 Å². The van der Waals surface area contributed by atoms with Crippen molar-refractivity contribution in [3.8, 4) is 5.75 Å². The Morgan fingerprint density at radius 1 is 1.27 bits per heavy atom. The lowest BCUT2D eigenvalue weighted by atomic mass is 10.1. The van der Waals surface area contributed by atoms with Crippen LogP contribution in [0.2, 0.25) is 10.0 Å². The van der Waals surface area contributed by atoms with Gasteiger partial charge >= 0.3 is 0 Å². The van der Waals surface area contributed by atoms with Crippen molar-refractivity contribution in [2.75, 3.05) is 6.54 Å². The Morgan fingerprint density at radius 2 is 1.95 bits per heavy atom. The Balaban J connectivity index is 2.09. The number of phenols is 1. The van der Waals surface area contributed by atoms with Crippen molar-refractivity contribution in [1.82, 2.24) is 5.32 Å². The summed E-state index contributed by atoms with van der Waals surface area (Å²) >= 11 is 11.6. The standard InChI is InChI=1S/C15H12Cl2FNO3/c16-8-5-10(17)14(12(20)6-8)15(22)19-7-13(21)9-3-1-2-4-11(9)18/h1-6,13,20-21H,7H2,(H,19,22). The number of phenolic OH excluding ortho intramolecular Hbond substituents is 1. The lowest BCUT2D eigenvalue weighted by Crippen LogP contribution is -2.29. The predicted molar refractivity (Wildman–Crippen MR) is 81.8 cm³/mol. The van der Waals surface area contributed by atoms with Gasteiger partial charge in [-0.3, -0.25) is 4.79 Å². The number of carbonyl (C=O) groups is 1. The molecule has 0 aliphatic rings. The number of carbonyl (C=O) groups excluding carboxylic acids is 1. The second-order valence-electron chi connectivity index (χ2n) is 4.53. The normalized spacial score (nSPS) is 12.0. The molecule has 0 heterocycles. The Morgan fingerprint density at radius 3 is 2.59 bits per heavy atom. The first-order chi connectivity index (χ1) is 10.4. The number of hydrogen-bond acceptors (Lipinski definition) is 3. The van der Waals surface area contributed by atoms with Crippen molar-refractivity contribution in [3.05, 3.63) is 63.4 Å². The van der Waals surface area contributed by atoms with Gasteiger partial charge in [0.15, 0.2) is 0 Å². The van der Waals surface area contributed by atoms with Crippen LogP contribution in [-0.2, 0) is 0 Å². The first-order valence-corrected chi connectivity index (χ1v) is 7.04. The third-order valence-corrected chi connectivity index (χ3v) is 3.50. The van der Waals surface area contributed by atoms with Gasteiger partial charge in [-0.05, 0) is 18.2 Å². The molecular weight excluding hydrogens is 332 g/mol. The van der Waals surface area contributed by atoms with Gasteiger partial charge in [-0.2, -0.15) is 0 Å². The monoisotopic (exact) mass is 343 g/mol. The highest BCUT2D eigenvalue weighted by atomic mass is 35.5. The van der Waals surface area contributed by atoms with E-state index in [1.165, 1.54) is 30.3 Å². The quantitative estimate of drug-likeness (QED) is 0.797. The van der Waals surface area contributed by atoms with Crippen molar-refractivity contribution >= 4 is 29.1 Å². The molecule has 3 N–H and O–H groups in total. The van der Waals surface area contributed by atoms with Crippen LogP contribution < -0.4 is 5.32 Å². The summed E-state index contributed by atoms with van der Waals surface area (Å²) in [5.41, 5.74) is -0.0963. The number of rotatable bonds is 4. The molecular formula is C15H12Cl2FNO3. The average molecular weight is 344 g/mol. The highest BCUT2D eigenvalue weighted by Crippen LogP contribution is 2.30. The Kier molecular flexibility index (Phi) is 5.24. The Bertz CT molecular complexity index is 686. The first-order valence-electron chi connectivity index (χ1n) is 6.29. The van der Waals surface area contributed by atoms with Crippen molar-refractivity contribution in [2.45, 2.75) is 6.10 Å². The zero-order valence-electron chi connectivity index (χ0n) is 11.2. The lowest BCUT2D eigenvalue weighted by Gasteiger charge is -2.14. The molecule has 2 aromatic rings. The van der Waals surface area contributed by atoms with Crippen LogP contribution in [0.5, 0.6) is 5.75 Å². The highest BCUT2D eigenvalue weighted by molar-refractivity contribution is 6.37. The van der Waals surface area contributed by atoms with Gasteiger partial charge in [0.2, 0.25) is 0 Å². The molecule has 116 valence electrons. The van der Waals surface area contributed by atoms with Crippen molar-refractivity contribution in [3.63, 3.8) is 0 Å². The summed E-state index contributed by atoms with van der Waals surface area (Å²) < 4.78 is 13.5. The fraction of sp³-hybridized carbons (Fsp3) is 0.133. The molecule has 2 aromatic carbocycles. The second-order valence-corrected chi connectivity index (χ2v) is 5.37. The van der Waals surface area contributed by atoms with Gasteiger partial charge in [0.1, 0.15) is 11.6 Å². The average Bonchev–Trinajstić information content (AvgIpc) is 2.44. The number of hydrogen-bond donors (Lipinski definition) is 3. The molecule has 4 nitrogen and oxygen atoms in total. The van der Waals surface area contributed by atoms with Crippen LogP contribution in [0.1, 0.15) is 22.0 Å². The van der Waals surface area contributed by atoms with Gasteiger partial charge in [-0.25, -0.2) is 4.39 Å². The predicted octanol–water partition coefficient (Wildman–Crippen LogP) is 3.30. The molecule has 0 fully saturated rings. The molecule has 0 aliphatic carbocycles. The van der Waals surface area contributed by atoms with Crippen LogP contribution in [0.15, 0.2) is 36.4 Å². The summed E-state index contributed by atoms with van der Waals surface area (Å²) in [5.74, 6) is -1.65. The van der Waals surface area contributed by atoms with Gasteiger partial charge in [-0.1, -0.05) is 41.4 Å². The zero-order chi connectivity index (χ0) is 16.3. The van der Waals surface area contributed by atoms with E-state index in [1.807, 2.05) is 0 Å². The molecule has 0 radical (unpaired) electrons. The maximum absolute atomic E-state index is 13.5. The van der Waals surface area contributed by atoms with Crippen LogP contribution in [-0.4, -0.2) is 22.7 Å². The van der Waals surface area contributed by atoms with E-state index in [2.05, 4.69) is 5.32 Å². The number of nitrogens with one attached hydrogen (secondary N) is 1. The summed E-state index contributed by atoms with van der Waals surface area (Å²) in [6, 6.07) is 8.18. The summed E-state index contributed by atoms with van der Waals surface area (Å²) in [4.78, 5) is 12.0. The summed E-state index contributed by atoms with van der Waals surface area (Å²) in [7, 11) is 0. The molecule has 0 bridgehead atoms. The molecule has 1 atom stereocenters. The number of aromatic hydroxyl groups is 1. The molecule has 0 saturated heterocycles. The fourth-order valence-electron chi connectivity index (χ4n) is 1.92. The smallest absolute Gasteiger partial charge is 0.256 e. The molecule has 1 unspecified atom stereocenters. The molecule has 22 heavy (non-hydrogen) atoms. The second kappa shape index (κ2) is 6.96. The summed E-state index contributed by atoms with van der Waals surface area (Å²) in [6.07, 6.45) is -1.22. The summed E-state index contributed by atoms with van der Waals surface area (Å²) in [6.45, 7) is -0.238. The molecule has 7 heteroatoms. The van der Waals surface area contributed by atoms with E-state index in [9.17, 15) is 19.4 Å². The number of amides is 1. The van der Waals surface area contributed by atoms with Crippen LogP contribution in [0.4, 0.5) is 4.39 Å². The third-order valence-electron chi connectivity index (χ3n) is 2.98. The van der Waals surface area contributed by atoms with Crippen molar-refractivity contribution in [1.29, 1.82) is 0 Å². The van der Waals surface area contributed by atoms with Crippen LogP contribution >= 0.6 is 23.2 Å². The van der Waals surface area contributed by atoms with E-state index in [0.717, 1.165) is 0 Å². The van der Waals surface area contributed by atoms with Gasteiger partial charge in [0, 0.05) is 17.1 Å². The number of aliphatic hydroxyl groups is 1. The minimum atomic E-state index is -1.22. The zero-order valence-corrected chi connectivity index (χ0v) is 12.7.